The standard InChI is InChI=1S/C21H29N3O3/c1-14(2)19(12-25)23-20(26)16-9-7-15(8-10-16)11-24-13-22-18-6-4-3-5-17(18)21(24)27/h3-6,13-16,19,25H,7-12H2,1-2H3,(H,23,26). The van der Waals surface area contributed by atoms with Gasteiger partial charge in [0.1, 0.15) is 0 Å². The molecule has 1 fully saturated rings. The van der Waals surface area contributed by atoms with Gasteiger partial charge in [0.25, 0.3) is 5.56 Å². The van der Waals surface area contributed by atoms with E-state index in [1.165, 1.54) is 0 Å². The Bertz CT molecular complexity index is 838. The molecule has 1 atom stereocenters. The molecular formula is C21H29N3O3. The van der Waals surface area contributed by atoms with Crippen LogP contribution in [-0.2, 0) is 11.3 Å². The van der Waals surface area contributed by atoms with Crippen LogP contribution in [0.5, 0.6) is 0 Å². The van der Waals surface area contributed by atoms with Crippen molar-refractivity contribution < 1.29 is 9.90 Å². The lowest BCUT2D eigenvalue weighted by Gasteiger charge is -2.30. The van der Waals surface area contributed by atoms with Gasteiger partial charge in [-0.1, -0.05) is 26.0 Å². The summed E-state index contributed by atoms with van der Waals surface area (Å²) in [4.78, 5) is 29.5. The first kappa shape index (κ1) is 19.5. The van der Waals surface area contributed by atoms with E-state index < -0.39 is 0 Å². The number of hydrogen-bond acceptors (Lipinski definition) is 4. The number of aliphatic hydroxyl groups excluding tert-OH is 1. The number of nitrogens with one attached hydrogen (secondary N) is 1. The molecule has 0 spiro atoms. The number of carbonyl (C=O) groups is 1. The molecule has 0 radical (unpaired) electrons. The van der Waals surface area contributed by atoms with Gasteiger partial charge in [0.15, 0.2) is 0 Å². The molecule has 1 saturated carbocycles. The summed E-state index contributed by atoms with van der Waals surface area (Å²) in [7, 11) is 0. The van der Waals surface area contributed by atoms with Crippen molar-refractivity contribution in [1.29, 1.82) is 0 Å². The van der Waals surface area contributed by atoms with Crippen LogP contribution in [0.1, 0.15) is 39.5 Å². The Morgan fingerprint density at radius 3 is 2.63 bits per heavy atom. The highest BCUT2D eigenvalue weighted by Gasteiger charge is 2.28. The highest BCUT2D eigenvalue weighted by molar-refractivity contribution is 5.79. The van der Waals surface area contributed by atoms with Gasteiger partial charge in [-0.25, -0.2) is 4.98 Å². The van der Waals surface area contributed by atoms with E-state index in [1.54, 1.807) is 10.9 Å². The molecule has 0 bridgehead atoms. The van der Waals surface area contributed by atoms with Gasteiger partial charge >= 0.3 is 0 Å². The second-order valence-electron chi connectivity index (χ2n) is 7.98. The first-order valence-electron chi connectivity index (χ1n) is 9.85. The van der Waals surface area contributed by atoms with Crippen molar-refractivity contribution in [3.8, 4) is 0 Å². The van der Waals surface area contributed by atoms with Gasteiger partial charge in [0, 0.05) is 12.5 Å². The molecule has 1 unspecified atom stereocenters. The van der Waals surface area contributed by atoms with E-state index in [4.69, 9.17) is 0 Å². The molecule has 1 aliphatic carbocycles. The van der Waals surface area contributed by atoms with Crippen molar-refractivity contribution in [3.05, 3.63) is 40.9 Å². The number of aromatic nitrogens is 2. The molecule has 2 N–H and O–H groups in total. The monoisotopic (exact) mass is 371 g/mol. The number of amides is 1. The summed E-state index contributed by atoms with van der Waals surface area (Å²) in [5.74, 6) is 0.641. The number of nitrogens with zero attached hydrogens (tertiary/aromatic N) is 2. The zero-order chi connectivity index (χ0) is 19.4. The van der Waals surface area contributed by atoms with Crippen molar-refractivity contribution >= 4 is 16.8 Å². The number of fused-ring (bicyclic) bond motifs is 1. The zero-order valence-electron chi connectivity index (χ0n) is 16.1. The van der Waals surface area contributed by atoms with Crippen LogP contribution in [0.15, 0.2) is 35.4 Å². The summed E-state index contributed by atoms with van der Waals surface area (Å²) in [5.41, 5.74) is 0.728. The van der Waals surface area contributed by atoms with Crippen molar-refractivity contribution in [1.82, 2.24) is 14.9 Å². The van der Waals surface area contributed by atoms with Crippen LogP contribution in [0.3, 0.4) is 0 Å². The number of rotatable bonds is 6. The molecule has 1 aromatic carbocycles. The van der Waals surface area contributed by atoms with E-state index in [0.29, 0.717) is 17.8 Å². The second kappa shape index (κ2) is 8.65. The predicted octanol–water partition coefficient (Wildman–Crippen LogP) is 2.34. The van der Waals surface area contributed by atoms with E-state index in [1.807, 2.05) is 38.1 Å². The minimum Gasteiger partial charge on any atom is -0.394 e. The van der Waals surface area contributed by atoms with E-state index in [9.17, 15) is 14.7 Å². The van der Waals surface area contributed by atoms with E-state index >= 15 is 0 Å². The van der Waals surface area contributed by atoms with Gasteiger partial charge in [-0.15, -0.1) is 0 Å². The minimum absolute atomic E-state index is 0.000463. The molecule has 27 heavy (non-hydrogen) atoms. The summed E-state index contributed by atoms with van der Waals surface area (Å²) < 4.78 is 1.70. The lowest BCUT2D eigenvalue weighted by Crippen LogP contribution is -2.44. The predicted molar refractivity (Wildman–Crippen MR) is 105 cm³/mol. The Labute approximate surface area is 159 Å². The van der Waals surface area contributed by atoms with Gasteiger partial charge < -0.3 is 10.4 Å². The Morgan fingerprint density at radius 1 is 1.26 bits per heavy atom. The average molecular weight is 371 g/mol. The van der Waals surface area contributed by atoms with Crippen molar-refractivity contribution in [2.75, 3.05) is 6.61 Å². The highest BCUT2D eigenvalue weighted by atomic mass is 16.3. The fourth-order valence-corrected chi connectivity index (χ4v) is 3.85. The molecule has 1 aliphatic rings. The normalized spacial score (nSPS) is 21.3. The summed E-state index contributed by atoms with van der Waals surface area (Å²) in [6.45, 7) is 4.60. The molecule has 6 nitrogen and oxygen atoms in total. The summed E-state index contributed by atoms with van der Waals surface area (Å²) in [6.07, 6.45) is 5.12. The molecule has 146 valence electrons. The minimum atomic E-state index is -0.183. The maximum atomic E-state index is 12.6. The largest absolute Gasteiger partial charge is 0.394 e. The molecule has 6 heteroatoms. The topological polar surface area (TPSA) is 84.2 Å². The van der Waals surface area contributed by atoms with Crippen molar-refractivity contribution in [2.24, 2.45) is 17.8 Å². The second-order valence-corrected chi connectivity index (χ2v) is 7.98. The van der Waals surface area contributed by atoms with Crippen LogP contribution >= 0.6 is 0 Å². The molecule has 1 amide bonds. The number of aliphatic hydroxyl groups is 1. The smallest absolute Gasteiger partial charge is 0.261 e. The van der Waals surface area contributed by atoms with Gasteiger partial charge in [0.2, 0.25) is 5.91 Å². The fraction of sp³-hybridized carbons (Fsp3) is 0.571. The van der Waals surface area contributed by atoms with Gasteiger partial charge in [-0.05, 0) is 49.7 Å². The first-order chi connectivity index (χ1) is 13.0. The third-order valence-electron chi connectivity index (χ3n) is 5.73. The van der Waals surface area contributed by atoms with Crippen molar-refractivity contribution in [3.63, 3.8) is 0 Å². The van der Waals surface area contributed by atoms with Crippen LogP contribution in [0.25, 0.3) is 10.9 Å². The van der Waals surface area contributed by atoms with Gasteiger partial charge in [0.05, 0.1) is 29.9 Å². The van der Waals surface area contributed by atoms with Crippen LogP contribution in [0, 0.1) is 17.8 Å². The molecule has 1 aromatic heterocycles. The molecule has 0 saturated heterocycles. The molecule has 2 aromatic rings. The van der Waals surface area contributed by atoms with Crippen LogP contribution in [0.4, 0.5) is 0 Å². The molecule has 3 rings (SSSR count). The number of para-hydroxylation sites is 1. The van der Waals surface area contributed by atoms with Crippen LogP contribution in [0.2, 0.25) is 0 Å². The lowest BCUT2D eigenvalue weighted by atomic mass is 9.81. The third-order valence-corrected chi connectivity index (χ3v) is 5.73. The van der Waals surface area contributed by atoms with Crippen molar-refractivity contribution in [2.45, 2.75) is 52.1 Å². The van der Waals surface area contributed by atoms with Gasteiger partial charge in [-0.2, -0.15) is 0 Å². The Hall–Kier alpha value is -2.21. The number of hydrogen-bond donors (Lipinski definition) is 2. The number of benzene rings is 1. The maximum Gasteiger partial charge on any atom is 0.261 e. The van der Waals surface area contributed by atoms with E-state index in [-0.39, 0.29) is 36.0 Å². The summed E-state index contributed by atoms with van der Waals surface area (Å²) in [5, 5.41) is 13.0. The number of carbonyl (C=O) groups excluding carboxylic acids is 1. The first-order valence-corrected chi connectivity index (χ1v) is 9.85. The lowest BCUT2D eigenvalue weighted by molar-refractivity contribution is -0.127. The van der Waals surface area contributed by atoms with E-state index in [2.05, 4.69) is 10.3 Å². The molecule has 1 heterocycles. The zero-order valence-corrected chi connectivity index (χ0v) is 16.1. The highest BCUT2D eigenvalue weighted by Crippen LogP contribution is 2.30. The summed E-state index contributed by atoms with van der Waals surface area (Å²) >= 11 is 0. The van der Waals surface area contributed by atoms with Crippen LogP contribution in [-0.4, -0.2) is 33.2 Å². The quantitative estimate of drug-likeness (QED) is 0.816. The SMILES string of the molecule is CC(C)C(CO)NC(=O)C1CCC(Cn2cnc3ccccc3c2=O)CC1. The molecule has 0 aliphatic heterocycles. The Balaban J connectivity index is 1.58. The van der Waals surface area contributed by atoms with E-state index in [0.717, 1.165) is 31.2 Å². The Morgan fingerprint density at radius 2 is 1.96 bits per heavy atom. The fourth-order valence-electron chi connectivity index (χ4n) is 3.85. The Kier molecular flexibility index (Phi) is 6.26. The van der Waals surface area contributed by atoms with Crippen LogP contribution < -0.4 is 10.9 Å². The maximum absolute atomic E-state index is 12.6. The summed E-state index contributed by atoms with van der Waals surface area (Å²) in [6, 6.07) is 7.22. The molecular weight excluding hydrogens is 342 g/mol. The third kappa shape index (κ3) is 4.56. The van der Waals surface area contributed by atoms with Gasteiger partial charge in [-0.3, -0.25) is 14.2 Å². The average Bonchev–Trinajstić information content (AvgIpc) is 2.68.